The molecule has 3 aromatic rings. The number of alkyl halides is 3. The molecule has 0 aliphatic rings. The number of nitrogens with one attached hydrogen (secondary N) is 3. The maximum absolute atomic E-state index is 13.9. The van der Waals surface area contributed by atoms with E-state index in [-0.39, 0.29) is 22.1 Å². The van der Waals surface area contributed by atoms with Crippen molar-refractivity contribution in [3.63, 3.8) is 0 Å². The summed E-state index contributed by atoms with van der Waals surface area (Å²) in [4.78, 5) is 24.2. The van der Waals surface area contributed by atoms with Gasteiger partial charge in [-0.25, -0.2) is 4.68 Å². The van der Waals surface area contributed by atoms with Crippen LogP contribution in [0.15, 0.2) is 61.3 Å². The van der Waals surface area contributed by atoms with Gasteiger partial charge in [0.2, 0.25) is 5.91 Å². The number of rotatable bonds is 6. The summed E-state index contributed by atoms with van der Waals surface area (Å²) in [6.45, 7) is 3.33. The number of anilines is 3. The summed E-state index contributed by atoms with van der Waals surface area (Å²) in [5.74, 6) is -1.56. The summed E-state index contributed by atoms with van der Waals surface area (Å²) in [7, 11) is 1.68. The molecule has 166 valence electrons. The van der Waals surface area contributed by atoms with Crippen LogP contribution in [0, 0.1) is 0 Å². The molecule has 0 saturated carbocycles. The number of hydrogen-bond donors (Lipinski definition) is 3. The second kappa shape index (κ2) is 9.15. The molecule has 1 aromatic heterocycles. The van der Waals surface area contributed by atoms with Crippen LogP contribution in [-0.2, 0) is 11.0 Å². The second-order valence-corrected chi connectivity index (χ2v) is 6.93. The van der Waals surface area contributed by atoms with Crippen LogP contribution in [0.25, 0.3) is 5.69 Å². The van der Waals surface area contributed by atoms with Gasteiger partial charge in [-0.2, -0.15) is 18.3 Å². The SMILES string of the molecule is C=CC(=O)Nc1cc(Cl)cc(NC(=O)c2cnn(-c3ccc(NC)cc3)c2C(F)(F)F)c1. The lowest BCUT2D eigenvalue weighted by Gasteiger charge is -2.14. The van der Waals surface area contributed by atoms with Gasteiger partial charge in [0.25, 0.3) is 5.91 Å². The predicted molar refractivity (Wildman–Crippen MR) is 116 cm³/mol. The van der Waals surface area contributed by atoms with Crippen LogP contribution in [0.5, 0.6) is 0 Å². The minimum Gasteiger partial charge on any atom is -0.388 e. The van der Waals surface area contributed by atoms with E-state index < -0.39 is 29.2 Å². The molecule has 0 unspecified atom stereocenters. The van der Waals surface area contributed by atoms with E-state index >= 15 is 0 Å². The molecule has 3 rings (SSSR count). The lowest BCUT2D eigenvalue weighted by atomic mass is 10.2. The largest absolute Gasteiger partial charge is 0.434 e. The van der Waals surface area contributed by atoms with Gasteiger partial charge in [-0.3, -0.25) is 9.59 Å². The number of aromatic nitrogens is 2. The number of halogens is 4. The third-order valence-corrected chi connectivity index (χ3v) is 4.51. The molecule has 0 saturated heterocycles. The minimum absolute atomic E-state index is 0.0844. The topological polar surface area (TPSA) is 88.1 Å². The Kier molecular flexibility index (Phi) is 6.54. The smallest absolute Gasteiger partial charge is 0.388 e. The molecule has 11 heteroatoms. The van der Waals surface area contributed by atoms with Gasteiger partial charge in [-0.05, 0) is 48.5 Å². The molecule has 0 atom stereocenters. The van der Waals surface area contributed by atoms with Gasteiger partial charge in [0.15, 0.2) is 5.69 Å². The molecule has 0 fully saturated rings. The zero-order valence-corrected chi connectivity index (χ0v) is 17.4. The summed E-state index contributed by atoms with van der Waals surface area (Å²) in [5, 5.41) is 11.6. The van der Waals surface area contributed by atoms with E-state index in [0.717, 1.165) is 12.3 Å². The summed E-state index contributed by atoms with van der Waals surface area (Å²) < 4.78 is 42.2. The van der Waals surface area contributed by atoms with Crippen LogP contribution in [-0.4, -0.2) is 28.6 Å². The molecule has 0 spiro atoms. The molecule has 0 aliphatic heterocycles. The summed E-state index contributed by atoms with van der Waals surface area (Å²) in [6.07, 6.45) is -2.98. The van der Waals surface area contributed by atoms with Crippen LogP contribution in [0.2, 0.25) is 5.02 Å². The Hall–Kier alpha value is -3.79. The van der Waals surface area contributed by atoms with E-state index in [1.807, 2.05) is 0 Å². The van der Waals surface area contributed by atoms with E-state index in [0.29, 0.717) is 10.4 Å². The third-order valence-electron chi connectivity index (χ3n) is 4.29. The van der Waals surface area contributed by atoms with Crippen LogP contribution in [0.1, 0.15) is 16.1 Å². The average molecular weight is 464 g/mol. The molecule has 2 aromatic carbocycles. The molecular formula is C21H17ClF3N5O2. The second-order valence-electron chi connectivity index (χ2n) is 6.49. The molecule has 3 N–H and O–H groups in total. The van der Waals surface area contributed by atoms with Gasteiger partial charge in [-0.15, -0.1) is 0 Å². The van der Waals surface area contributed by atoms with Crippen molar-refractivity contribution in [3.05, 3.63) is 77.6 Å². The number of nitrogens with zero attached hydrogens (tertiary/aromatic N) is 2. The molecule has 2 amide bonds. The summed E-state index contributed by atoms with van der Waals surface area (Å²) >= 11 is 5.99. The zero-order valence-electron chi connectivity index (χ0n) is 16.6. The molecular weight excluding hydrogens is 447 g/mol. The van der Waals surface area contributed by atoms with Crippen LogP contribution in [0.3, 0.4) is 0 Å². The van der Waals surface area contributed by atoms with Crippen molar-refractivity contribution in [3.8, 4) is 5.69 Å². The monoisotopic (exact) mass is 463 g/mol. The standard InChI is InChI=1S/C21H17ClF3N5O2/c1-3-18(31)28-14-8-12(22)9-15(10-14)29-20(32)17-11-27-30(19(17)21(23,24)25)16-6-4-13(26-2)5-7-16/h3-11,26H,1H2,2H3,(H,28,31)(H,29,32). The molecule has 0 aliphatic carbocycles. The number of carbonyl (C=O) groups excluding carboxylic acids is 2. The van der Waals surface area contributed by atoms with Crippen molar-refractivity contribution < 1.29 is 22.8 Å². The molecule has 32 heavy (non-hydrogen) atoms. The van der Waals surface area contributed by atoms with Gasteiger partial charge in [0.1, 0.15) is 0 Å². The molecule has 0 radical (unpaired) electrons. The Morgan fingerprint density at radius 2 is 1.69 bits per heavy atom. The van der Waals surface area contributed by atoms with Crippen molar-refractivity contribution >= 4 is 40.5 Å². The van der Waals surface area contributed by atoms with Crippen molar-refractivity contribution in [2.75, 3.05) is 23.0 Å². The lowest BCUT2D eigenvalue weighted by molar-refractivity contribution is -0.143. The van der Waals surface area contributed by atoms with Crippen LogP contribution >= 0.6 is 11.6 Å². The number of hydrogen-bond acceptors (Lipinski definition) is 4. The number of amides is 2. The predicted octanol–water partition coefficient (Wildman–Crippen LogP) is 4.96. The van der Waals surface area contributed by atoms with Crippen molar-refractivity contribution in [1.29, 1.82) is 0 Å². The van der Waals surface area contributed by atoms with Gasteiger partial charge < -0.3 is 16.0 Å². The van der Waals surface area contributed by atoms with E-state index in [9.17, 15) is 22.8 Å². The Bertz CT molecular complexity index is 1170. The highest BCUT2D eigenvalue weighted by atomic mass is 35.5. The Balaban J connectivity index is 1.96. The first-order valence-electron chi connectivity index (χ1n) is 9.11. The van der Waals surface area contributed by atoms with Gasteiger partial charge in [0.05, 0.1) is 17.4 Å². The summed E-state index contributed by atoms with van der Waals surface area (Å²) in [5.41, 5.74) is -0.753. The third kappa shape index (κ3) is 5.09. The Morgan fingerprint density at radius 3 is 2.25 bits per heavy atom. The highest BCUT2D eigenvalue weighted by molar-refractivity contribution is 6.31. The average Bonchev–Trinajstić information content (AvgIpc) is 3.19. The minimum atomic E-state index is -4.86. The normalized spacial score (nSPS) is 11.0. The van der Waals surface area contributed by atoms with E-state index in [1.54, 1.807) is 19.2 Å². The fourth-order valence-electron chi connectivity index (χ4n) is 2.88. The van der Waals surface area contributed by atoms with Gasteiger partial charge in [0, 0.05) is 29.1 Å². The summed E-state index contributed by atoms with van der Waals surface area (Å²) in [6, 6.07) is 10.1. The zero-order chi connectivity index (χ0) is 23.5. The Labute approximate surface area is 185 Å². The first-order chi connectivity index (χ1) is 15.1. The highest BCUT2D eigenvalue weighted by Crippen LogP contribution is 2.34. The fraction of sp³-hybridized carbons (Fsp3) is 0.0952. The number of benzene rings is 2. The van der Waals surface area contributed by atoms with E-state index in [4.69, 9.17) is 11.6 Å². The Morgan fingerprint density at radius 1 is 1.06 bits per heavy atom. The fourth-order valence-corrected chi connectivity index (χ4v) is 3.11. The van der Waals surface area contributed by atoms with Gasteiger partial charge in [-0.1, -0.05) is 18.2 Å². The van der Waals surface area contributed by atoms with E-state index in [1.165, 1.54) is 30.3 Å². The highest BCUT2D eigenvalue weighted by Gasteiger charge is 2.40. The van der Waals surface area contributed by atoms with Crippen molar-refractivity contribution in [2.45, 2.75) is 6.18 Å². The van der Waals surface area contributed by atoms with E-state index in [2.05, 4.69) is 27.6 Å². The maximum atomic E-state index is 13.9. The molecule has 1 heterocycles. The maximum Gasteiger partial charge on any atom is 0.434 e. The molecule has 0 bridgehead atoms. The van der Waals surface area contributed by atoms with Crippen LogP contribution < -0.4 is 16.0 Å². The van der Waals surface area contributed by atoms with Crippen LogP contribution in [0.4, 0.5) is 30.2 Å². The quantitative estimate of drug-likeness (QED) is 0.451. The number of carbonyl (C=O) groups is 2. The first-order valence-corrected chi connectivity index (χ1v) is 9.49. The first kappa shape index (κ1) is 22.9. The lowest BCUT2D eigenvalue weighted by Crippen LogP contribution is -2.20. The van der Waals surface area contributed by atoms with Crippen molar-refractivity contribution in [2.24, 2.45) is 0 Å². The van der Waals surface area contributed by atoms with Gasteiger partial charge >= 0.3 is 6.18 Å². The van der Waals surface area contributed by atoms with Crippen molar-refractivity contribution in [1.82, 2.24) is 9.78 Å². The molecule has 7 nitrogen and oxygen atoms in total.